The van der Waals surface area contributed by atoms with Gasteiger partial charge < -0.3 is 14.2 Å². The topological polar surface area (TPSA) is 65.1 Å². The van der Waals surface area contributed by atoms with Crippen LogP contribution in [0.15, 0.2) is 42.5 Å². The first-order valence-electron chi connectivity index (χ1n) is 12.9. The highest BCUT2D eigenvalue weighted by Crippen LogP contribution is 2.61. The summed E-state index contributed by atoms with van der Waals surface area (Å²) in [5, 5.41) is 2.18. The maximum Gasteiger partial charge on any atom is 0.410 e. The number of hydrogen-bond acceptors (Lipinski definition) is 5. The summed E-state index contributed by atoms with van der Waals surface area (Å²) in [6.07, 6.45) is 6.56. The van der Waals surface area contributed by atoms with Crippen LogP contribution in [0.1, 0.15) is 50.5 Å². The van der Waals surface area contributed by atoms with Crippen LogP contribution >= 0.6 is 0 Å². The molecule has 6 fully saturated rings. The van der Waals surface area contributed by atoms with Crippen LogP contribution < -0.4 is 0 Å². The number of piperidine rings is 1. The zero-order valence-electron chi connectivity index (χ0n) is 19.4. The van der Waals surface area contributed by atoms with Crippen molar-refractivity contribution < 1.29 is 23.8 Å². The molecule has 2 aromatic rings. The lowest BCUT2D eigenvalue weighted by atomic mass is 9.53. The van der Waals surface area contributed by atoms with Crippen LogP contribution in [0.3, 0.4) is 0 Å². The number of benzene rings is 2. The molecule has 2 unspecified atom stereocenters. The van der Waals surface area contributed by atoms with Crippen LogP contribution in [0.5, 0.6) is 0 Å². The fourth-order valence-electron chi connectivity index (χ4n) is 7.89. The Bertz CT molecular complexity index is 1110. The lowest BCUT2D eigenvalue weighted by Gasteiger charge is -2.62. The van der Waals surface area contributed by atoms with E-state index < -0.39 is 17.9 Å². The summed E-state index contributed by atoms with van der Waals surface area (Å²) in [6, 6.07) is 13.3. The Hall–Kier alpha value is -2.60. The van der Waals surface area contributed by atoms with Gasteiger partial charge in [0, 0.05) is 18.4 Å². The first-order chi connectivity index (χ1) is 16.6. The van der Waals surface area contributed by atoms with Gasteiger partial charge in [-0.3, -0.25) is 4.90 Å². The van der Waals surface area contributed by atoms with E-state index in [9.17, 15) is 9.59 Å². The molecule has 34 heavy (non-hydrogen) atoms. The molecule has 1 spiro atoms. The Morgan fingerprint density at radius 2 is 1.74 bits per heavy atom. The molecule has 0 radical (unpaired) electrons. The fraction of sp³-hybridized carbons (Fsp3) is 0.571. The second-order valence-corrected chi connectivity index (χ2v) is 11.1. The maximum atomic E-state index is 13.4. The zero-order valence-corrected chi connectivity index (χ0v) is 19.4. The molecule has 4 aliphatic carbocycles. The van der Waals surface area contributed by atoms with Gasteiger partial charge in [-0.15, -0.1) is 0 Å². The number of amides is 1. The first-order valence-corrected chi connectivity index (χ1v) is 12.9. The molecule has 2 atom stereocenters. The number of esters is 1. The van der Waals surface area contributed by atoms with Gasteiger partial charge in [0.15, 0.2) is 6.04 Å². The van der Waals surface area contributed by atoms with Crippen molar-refractivity contribution in [1.29, 1.82) is 0 Å². The van der Waals surface area contributed by atoms with Crippen molar-refractivity contribution in [3.63, 3.8) is 0 Å². The normalized spacial score (nSPS) is 38.1. The average Bonchev–Trinajstić information content (AvgIpc) is 2.85. The Labute approximate surface area is 199 Å². The van der Waals surface area contributed by atoms with E-state index in [1.54, 1.807) is 4.90 Å². The number of carbonyl (C=O) groups is 2. The van der Waals surface area contributed by atoms with E-state index in [0.29, 0.717) is 18.4 Å². The minimum Gasteiger partial charge on any atom is -0.444 e. The Morgan fingerprint density at radius 1 is 1.00 bits per heavy atom. The van der Waals surface area contributed by atoms with E-state index in [1.165, 1.54) is 6.42 Å². The van der Waals surface area contributed by atoms with Crippen molar-refractivity contribution in [3.05, 3.63) is 48.0 Å². The van der Waals surface area contributed by atoms with Crippen molar-refractivity contribution >= 4 is 22.8 Å². The van der Waals surface area contributed by atoms with E-state index in [2.05, 4.69) is 0 Å². The van der Waals surface area contributed by atoms with Gasteiger partial charge in [0.25, 0.3) is 0 Å². The van der Waals surface area contributed by atoms with Crippen LogP contribution in [-0.4, -0.2) is 41.4 Å². The summed E-state index contributed by atoms with van der Waals surface area (Å²) in [4.78, 5) is 28.1. The predicted molar refractivity (Wildman–Crippen MR) is 125 cm³/mol. The van der Waals surface area contributed by atoms with Gasteiger partial charge in [0.2, 0.25) is 5.79 Å². The number of likely N-dealkylation sites (tertiary alicyclic amines) is 1. The maximum absolute atomic E-state index is 13.4. The van der Waals surface area contributed by atoms with Crippen LogP contribution in [-0.2, 0) is 25.6 Å². The van der Waals surface area contributed by atoms with Crippen LogP contribution in [0.2, 0.25) is 0 Å². The monoisotopic (exact) mass is 461 g/mol. The Kier molecular flexibility index (Phi) is 4.70. The summed E-state index contributed by atoms with van der Waals surface area (Å²) in [7, 11) is 0. The number of hydrogen-bond donors (Lipinski definition) is 0. The average molecular weight is 462 g/mol. The number of rotatable bonds is 2. The third-order valence-corrected chi connectivity index (χ3v) is 9.15. The molecule has 4 bridgehead atoms. The highest BCUT2D eigenvalue weighted by Gasteiger charge is 2.65. The molecule has 178 valence electrons. The van der Waals surface area contributed by atoms with Crippen LogP contribution in [0.4, 0.5) is 4.79 Å². The molecule has 2 saturated heterocycles. The minimum absolute atomic E-state index is 0.168. The molecule has 4 saturated carbocycles. The summed E-state index contributed by atoms with van der Waals surface area (Å²) in [5.74, 6) is 1.08. The van der Waals surface area contributed by atoms with E-state index >= 15 is 0 Å². The second-order valence-electron chi connectivity index (χ2n) is 11.1. The smallest absolute Gasteiger partial charge is 0.410 e. The molecule has 1 amide bonds. The van der Waals surface area contributed by atoms with Crippen LogP contribution in [0, 0.1) is 23.7 Å². The summed E-state index contributed by atoms with van der Waals surface area (Å²) in [5.41, 5.74) is 0.954. The number of ether oxygens (including phenoxy) is 3. The molecule has 0 N–H and O–H groups in total. The highest BCUT2D eigenvalue weighted by molar-refractivity contribution is 5.86. The SMILES string of the molecule is O=C1OC2(OC3CCCN(C(=O)OCc4cccc5ccccc45)C13)C1CC3CC(C1)CC2C3. The largest absolute Gasteiger partial charge is 0.444 e. The molecule has 6 heteroatoms. The summed E-state index contributed by atoms with van der Waals surface area (Å²) in [6.45, 7) is 0.652. The van der Waals surface area contributed by atoms with Crippen molar-refractivity contribution in [2.24, 2.45) is 23.7 Å². The summed E-state index contributed by atoms with van der Waals surface area (Å²) < 4.78 is 18.7. The third-order valence-electron chi connectivity index (χ3n) is 9.15. The van der Waals surface area contributed by atoms with Crippen molar-refractivity contribution in [3.8, 4) is 0 Å². The number of nitrogens with zero attached hydrogens (tertiary/aromatic N) is 1. The first kappa shape index (κ1) is 20.7. The van der Waals surface area contributed by atoms with Gasteiger partial charge in [-0.2, -0.15) is 0 Å². The standard InChI is InChI=1S/C28H31NO5/c30-26-25-24(33-28(34-26)21-12-17-11-18(14-21)15-22(28)13-17)9-4-10-29(25)27(31)32-16-20-7-3-6-19-5-1-2-8-23(19)20/h1-3,5-8,17-18,21-22,24-25H,4,9-16H2. The lowest BCUT2D eigenvalue weighted by molar-refractivity contribution is -0.364. The van der Waals surface area contributed by atoms with Gasteiger partial charge in [-0.1, -0.05) is 42.5 Å². The van der Waals surface area contributed by atoms with Crippen molar-refractivity contribution in [1.82, 2.24) is 4.90 Å². The Balaban J connectivity index is 1.09. The fourth-order valence-corrected chi connectivity index (χ4v) is 7.89. The molecule has 2 aromatic carbocycles. The van der Waals surface area contributed by atoms with E-state index in [4.69, 9.17) is 14.2 Å². The molecular weight excluding hydrogens is 430 g/mol. The van der Waals surface area contributed by atoms with Gasteiger partial charge >= 0.3 is 12.1 Å². The number of fused-ring (bicyclic) bond motifs is 2. The van der Waals surface area contributed by atoms with Crippen molar-refractivity contribution in [2.45, 2.75) is 69.5 Å². The molecule has 6 aliphatic rings. The molecule has 2 heterocycles. The van der Waals surface area contributed by atoms with E-state index in [-0.39, 0.29) is 18.7 Å². The molecule has 6 nitrogen and oxygen atoms in total. The van der Waals surface area contributed by atoms with Gasteiger partial charge in [-0.25, -0.2) is 9.59 Å². The molecular formula is C28H31NO5. The van der Waals surface area contributed by atoms with Gasteiger partial charge in [0.1, 0.15) is 6.61 Å². The minimum atomic E-state index is -0.762. The predicted octanol–water partition coefficient (Wildman–Crippen LogP) is 5.04. The molecule has 0 aromatic heterocycles. The molecule has 8 rings (SSSR count). The van der Waals surface area contributed by atoms with E-state index in [0.717, 1.165) is 66.7 Å². The lowest BCUT2D eigenvalue weighted by Crippen LogP contribution is -2.70. The Morgan fingerprint density at radius 3 is 2.53 bits per heavy atom. The summed E-state index contributed by atoms with van der Waals surface area (Å²) >= 11 is 0. The van der Waals surface area contributed by atoms with Crippen molar-refractivity contribution in [2.75, 3.05) is 6.54 Å². The second kappa shape index (κ2) is 7.70. The van der Waals surface area contributed by atoms with E-state index in [1.807, 2.05) is 42.5 Å². The number of carbonyl (C=O) groups excluding carboxylic acids is 2. The molecule has 2 aliphatic heterocycles. The quantitative estimate of drug-likeness (QED) is 0.587. The zero-order chi connectivity index (χ0) is 22.9. The van der Waals surface area contributed by atoms with Gasteiger partial charge in [0.05, 0.1) is 6.10 Å². The van der Waals surface area contributed by atoms with Gasteiger partial charge in [-0.05, 0) is 73.1 Å². The highest BCUT2D eigenvalue weighted by atomic mass is 16.7. The van der Waals surface area contributed by atoms with Crippen LogP contribution in [0.25, 0.3) is 10.8 Å². The third kappa shape index (κ3) is 3.10.